The standard InChI is InChI=1S/C19H27N3O2/c23-18(21-17-6-2-1-3-7-17)14-20-16-10-8-15(9-11-16)19(24)22-12-4-5-13-22/h8-11,17,20H,1-7,12-14H2,(H,21,23). The second-order valence-corrected chi connectivity index (χ2v) is 6.83. The third-order valence-electron chi connectivity index (χ3n) is 4.95. The summed E-state index contributed by atoms with van der Waals surface area (Å²) in [4.78, 5) is 26.2. The predicted molar refractivity (Wildman–Crippen MR) is 95.1 cm³/mol. The zero-order valence-electron chi connectivity index (χ0n) is 14.2. The lowest BCUT2D eigenvalue weighted by Crippen LogP contribution is -2.39. The fourth-order valence-electron chi connectivity index (χ4n) is 3.54. The second-order valence-electron chi connectivity index (χ2n) is 6.83. The number of anilines is 1. The molecule has 2 aliphatic rings. The van der Waals surface area contributed by atoms with Gasteiger partial charge in [-0.15, -0.1) is 0 Å². The van der Waals surface area contributed by atoms with Gasteiger partial charge >= 0.3 is 0 Å². The Kier molecular flexibility index (Phi) is 5.72. The van der Waals surface area contributed by atoms with Crippen molar-refractivity contribution in [3.8, 4) is 0 Å². The minimum absolute atomic E-state index is 0.0409. The summed E-state index contributed by atoms with van der Waals surface area (Å²) in [6.07, 6.45) is 8.10. The summed E-state index contributed by atoms with van der Waals surface area (Å²) in [6.45, 7) is 2.00. The number of carbonyl (C=O) groups is 2. The predicted octanol–water partition coefficient (Wildman–Crippen LogP) is 2.78. The van der Waals surface area contributed by atoms with Crippen LogP contribution in [0.4, 0.5) is 5.69 Å². The number of nitrogens with one attached hydrogen (secondary N) is 2. The largest absolute Gasteiger partial charge is 0.376 e. The van der Waals surface area contributed by atoms with Gasteiger partial charge in [0.25, 0.3) is 5.91 Å². The van der Waals surface area contributed by atoms with Crippen LogP contribution in [0.3, 0.4) is 0 Å². The fourth-order valence-corrected chi connectivity index (χ4v) is 3.54. The molecule has 0 unspecified atom stereocenters. The summed E-state index contributed by atoms with van der Waals surface area (Å²) < 4.78 is 0. The number of carbonyl (C=O) groups excluding carboxylic acids is 2. The van der Waals surface area contributed by atoms with Gasteiger partial charge in [0, 0.05) is 30.4 Å². The molecular formula is C19H27N3O2. The molecule has 24 heavy (non-hydrogen) atoms. The number of hydrogen-bond acceptors (Lipinski definition) is 3. The first-order valence-electron chi connectivity index (χ1n) is 9.15. The van der Waals surface area contributed by atoms with Crippen LogP contribution in [-0.2, 0) is 4.79 Å². The topological polar surface area (TPSA) is 61.4 Å². The number of rotatable bonds is 5. The van der Waals surface area contributed by atoms with Crippen molar-refractivity contribution in [3.05, 3.63) is 29.8 Å². The first-order chi connectivity index (χ1) is 11.7. The maximum Gasteiger partial charge on any atom is 0.253 e. The second kappa shape index (κ2) is 8.18. The molecule has 0 aromatic heterocycles. The highest BCUT2D eigenvalue weighted by Crippen LogP contribution is 2.17. The molecule has 1 heterocycles. The zero-order valence-corrected chi connectivity index (χ0v) is 14.2. The van der Waals surface area contributed by atoms with Crippen LogP contribution in [0, 0.1) is 0 Å². The van der Waals surface area contributed by atoms with Gasteiger partial charge in [-0.25, -0.2) is 0 Å². The zero-order chi connectivity index (χ0) is 16.8. The lowest BCUT2D eigenvalue weighted by molar-refractivity contribution is -0.120. The summed E-state index contributed by atoms with van der Waals surface area (Å²) in [7, 11) is 0. The van der Waals surface area contributed by atoms with E-state index >= 15 is 0 Å². The molecule has 2 N–H and O–H groups in total. The monoisotopic (exact) mass is 329 g/mol. The summed E-state index contributed by atoms with van der Waals surface area (Å²) in [5, 5.41) is 6.23. The molecule has 0 bridgehead atoms. The molecule has 5 heteroatoms. The van der Waals surface area contributed by atoms with Gasteiger partial charge in [-0.1, -0.05) is 19.3 Å². The van der Waals surface area contributed by atoms with Gasteiger partial charge in [0.05, 0.1) is 6.54 Å². The Morgan fingerprint density at radius 1 is 0.958 bits per heavy atom. The highest BCUT2D eigenvalue weighted by atomic mass is 16.2. The molecule has 2 amide bonds. The van der Waals surface area contributed by atoms with Crippen LogP contribution in [0.2, 0.25) is 0 Å². The van der Waals surface area contributed by atoms with Crippen molar-refractivity contribution in [2.24, 2.45) is 0 Å². The van der Waals surface area contributed by atoms with Gasteiger partial charge in [0.1, 0.15) is 0 Å². The van der Waals surface area contributed by atoms with Crippen molar-refractivity contribution in [2.45, 2.75) is 51.0 Å². The minimum Gasteiger partial charge on any atom is -0.376 e. The van der Waals surface area contributed by atoms with Crippen molar-refractivity contribution in [1.82, 2.24) is 10.2 Å². The van der Waals surface area contributed by atoms with E-state index in [1.807, 2.05) is 29.2 Å². The number of amides is 2. The van der Waals surface area contributed by atoms with E-state index in [0.29, 0.717) is 11.6 Å². The molecule has 1 aromatic carbocycles. The SMILES string of the molecule is O=C(CNc1ccc(C(=O)N2CCCC2)cc1)NC1CCCCC1. The molecule has 1 saturated heterocycles. The Bertz CT molecular complexity index is 558. The number of likely N-dealkylation sites (tertiary alicyclic amines) is 1. The molecule has 5 nitrogen and oxygen atoms in total. The average Bonchev–Trinajstić information content (AvgIpc) is 3.15. The third-order valence-corrected chi connectivity index (χ3v) is 4.95. The Morgan fingerprint density at radius 2 is 1.62 bits per heavy atom. The maximum atomic E-state index is 12.3. The number of benzene rings is 1. The highest BCUT2D eigenvalue weighted by Gasteiger charge is 2.19. The van der Waals surface area contributed by atoms with Crippen LogP contribution < -0.4 is 10.6 Å². The highest BCUT2D eigenvalue weighted by molar-refractivity contribution is 5.94. The molecule has 0 radical (unpaired) electrons. The van der Waals surface area contributed by atoms with Crippen molar-refractivity contribution < 1.29 is 9.59 Å². The quantitative estimate of drug-likeness (QED) is 0.873. The molecule has 1 aromatic rings. The van der Waals surface area contributed by atoms with E-state index in [9.17, 15) is 9.59 Å². The van der Waals surface area contributed by atoms with E-state index in [4.69, 9.17) is 0 Å². The molecule has 1 aliphatic heterocycles. The first-order valence-corrected chi connectivity index (χ1v) is 9.15. The van der Waals surface area contributed by atoms with Gasteiger partial charge in [0.15, 0.2) is 0 Å². The number of nitrogens with zero attached hydrogens (tertiary/aromatic N) is 1. The Hall–Kier alpha value is -2.04. The normalized spacial score (nSPS) is 18.4. The van der Waals surface area contributed by atoms with E-state index in [1.54, 1.807) is 0 Å². The van der Waals surface area contributed by atoms with Crippen LogP contribution in [0.5, 0.6) is 0 Å². The molecule has 1 saturated carbocycles. The summed E-state index contributed by atoms with van der Waals surface area (Å²) in [5.74, 6) is 0.146. The van der Waals surface area contributed by atoms with Crippen LogP contribution in [0.15, 0.2) is 24.3 Å². The molecule has 2 fully saturated rings. The number of hydrogen-bond donors (Lipinski definition) is 2. The van der Waals surface area contributed by atoms with Crippen molar-refractivity contribution >= 4 is 17.5 Å². The van der Waals surface area contributed by atoms with Crippen LogP contribution in [-0.4, -0.2) is 42.4 Å². The molecule has 1 aliphatic carbocycles. The fraction of sp³-hybridized carbons (Fsp3) is 0.579. The summed E-state index contributed by atoms with van der Waals surface area (Å²) in [5.41, 5.74) is 1.58. The van der Waals surface area contributed by atoms with Crippen LogP contribution in [0.25, 0.3) is 0 Å². The molecule has 0 spiro atoms. The Balaban J connectivity index is 1.45. The van der Waals surface area contributed by atoms with Gasteiger partial charge in [-0.2, -0.15) is 0 Å². The molecule has 0 atom stereocenters. The van der Waals surface area contributed by atoms with E-state index in [-0.39, 0.29) is 18.4 Å². The van der Waals surface area contributed by atoms with E-state index in [2.05, 4.69) is 10.6 Å². The van der Waals surface area contributed by atoms with Crippen LogP contribution in [0.1, 0.15) is 55.3 Å². The van der Waals surface area contributed by atoms with Crippen LogP contribution >= 0.6 is 0 Å². The van der Waals surface area contributed by atoms with E-state index < -0.39 is 0 Å². The lowest BCUT2D eigenvalue weighted by atomic mass is 9.95. The van der Waals surface area contributed by atoms with Crippen molar-refractivity contribution in [3.63, 3.8) is 0 Å². The Labute approximate surface area is 143 Å². The average molecular weight is 329 g/mol. The van der Waals surface area contributed by atoms with Gasteiger partial charge in [0.2, 0.25) is 5.91 Å². The van der Waals surface area contributed by atoms with Gasteiger partial charge in [-0.3, -0.25) is 9.59 Å². The van der Waals surface area contributed by atoms with Crippen molar-refractivity contribution in [2.75, 3.05) is 25.0 Å². The summed E-state index contributed by atoms with van der Waals surface area (Å²) in [6, 6.07) is 7.76. The lowest BCUT2D eigenvalue weighted by Gasteiger charge is -2.22. The minimum atomic E-state index is 0.0409. The van der Waals surface area contributed by atoms with E-state index in [1.165, 1.54) is 19.3 Å². The molecular weight excluding hydrogens is 302 g/mol. The van der Waals surface area contributed by atoms with Gasteiger partial charge in [-0.05, 0) is 49.9 Å². The third kappa shape index (κ3) is 4.49. The Morgan fingerprint density at radius 3 is 2.29 bits per heavy atom. The van der Waals surface area contributed by atoms with Gasteiger partial charge < -0.3 is 15.5 Å². The first kappa shape index (κ1) is 16.8. The van der Waals surface area contributed by atoms with E-state index in [0.717, 1.165) is 44.5 Å². The summed E-state index contributed by atoms with van der Waals surface area (Å²) >= 11 is 0. The molecule has 3 rings (SSSR count). The smallest absolute Gasteiger partial charge is 0.253 e. The molecule has 130 valence electrons. The maximum absolute atomic E-state index is 12.3. The van der Waals surface area contributed by atoms with Crippen molar-refractivity contribution in [1.29, 1.82) is 0 Å².